The summed E-state index contributed by atoms with van der Waals surface area (Å²) in [6.45, 7) is 13.3. The molecule has 2 aromatic carbocycles. The van der Waals surface area contributed by atoms with E-state index in [-0.39, 0.29) is 11.9 Å². The zero-order valence-electron chi connectivity index (χ0n) is 26.6. The molecule has 0 bridgehead atoms. The Balaban J connectivity index is 2.68. The molecule has 0 aliphatic carbocycles. The largest absolute Gasteiger partial charge is 0.444 e. The third-order valence-corrected chi connectivity index (χ3v) is 7.84. The molecular weight excluding hydrogens is 582 g/mol. The van der Waals surface area contributed by atoms with Crippen LogP contribution in [0.3, 0.4) is 0 Å². The van der Waals surface area contributed by atoms with Gasteiger partial charge in [0.1, 0.15) is 17.7 Å². The Labute approximate surface area is 266 Å². The van der Waals surface area contributed by atoms with Crippen molar-refractivity contribution in [2.45, 2.75) is 91.5 Å². The number of thioether (sulfide) groups is 1. The van der Waals surface area contributed by atoms with E-state index in [1.165, 1.54) is 0 Å². The highest BCUT2D eigenvalue weighted by Gasteiger charge is 2.39. The minimum atomic E-state index is -1.03. The van der Waals surface area contributed by atoms with Crippen molar-refractivity contribution in [2.75, 3.05) is 17.3 Å². The van der Waals surface area contributed by atoms with Gasteiger partial charge < -0.3 is 20.3 Å². The Morgan fingerprint density at radius 1 is 1.05 bits per heavy atom. The van der Waals surface area contributed by atoms with Crippen molar-refractivity contribution in [2.24, 2.45) is 5.92 Å². The summed E-state index contributed by atoms with van der Waals surface area (Å²) in [4.78, 5) is 43.3. The van der Waals surface area contributed by atoms with Gasteiger partial charge in [0.2, 0.25) is 5.91 Å². The van der Waals surface area contributed by atoms with E-state index in [1.807, 2.05) is 32.2 Å². The highest BCUT2D eigenvalue weighted by atomic mass is 35.5. The summed E-state index contributed by atoms with van der Waals surface area (Å²) in [7, 11) is 0. The van der Waals surface area contributed by atoms with E-state index in [0.717, 1.165) is 12.0 Å². The molecule has 9 heteroatoms. The highest BCUT2D eigenvalue weighted by molar-refractivity contribution is 7.98. The van der Waals surface area contributed by atoms with Crippen molar-refractivity contribution in [3.63, 3.8) is 0 Å². The van der Waals surface area contributed by atoms with Crippen LogP contribution in [0, 0.1) is 25.2 Å². The summed E-state index contributed by atoms with van der Waals surface area (Å²) >= 11 is 8.06. The molecular formula is C34H46ClN3O4S. The Morgan fingerprint density at radius 2 is 1.70 bits per heavy atom. The molecule has 7 nitrogen and oxygen atoms in total. The van der Waals surface area contributed by atoms with E-state index in [9.17, 15) is 14.4 Å². The van der Waals surface area contributed by atoms with Gasteiger partial charge in [-0.15, -0.1) is 6.42 Å². The molecule has 3 amide bonds. The molecule has 0 radical (unpaired) electrons. The van der Waals surface area contributed by atoms with Crippen LogP contribution in [0.4, 0.5) is 10.5 Å². The van der Waals surface area contributed by atoms with Crippen molar-refractivity contribution >= 4 is 47.0 Å². The average Bonchev–Trinajstić information content (AvgIpc) is 2.93. The first-order valence-corrected chi connectivity index (χ1v) is 16.4. The van der Waals surface area contributed by atoms with Crippen molar-refractivity contribution in [1.29, 1.82) is 0 Å². The Bertz CT molecular complexity index is 1260. The number of ether oxygens (including phenoxy) is 1. The standard InChI is InChI=1S/C34H46ClN3O4S/c1-10-25-16-18-26(19-17-25)30(31(39)37-29-23(4)12-11-13-27(29)35)38(24(5)15-14-22(2)3)32(40)28(20-21-43-9)36-33(41)42-34(6,7)8/h1,11-13,16-19,22,24,28,30H,14-15,20-21H2,2-9H3,(H,36,41)(H,37,39). The van der Waals surface area contributed by atoms with Crippen molar-refractivity contribution in [1.82, 2.24) is 10.2 Å². The lowest BCUT2D eigenvalue weighted by Crippen LogP contribution is -2.55. The number of anilines is 1. The van der Waals surface area contributed by atoms with E-state index >= 15 is 0 Å². The van der Waals surface area contributed by atoms with Gasteiger partial charge in [-0.1, -0.05) is 55.6 Å². The SMILES string of the molecule is C#Cc1ccc(C(C(=O)Nc2c(C)cccc2Cl)N(C(=O)C(CCSC)NC(=O)OC(C)(C)C)C(C)CCC(C)C)cc1. The number of nitrogens with one attached hydrogen (secondary N) is 2. The molecule has 0 aliphatic rings. The van der Waals surface area contributed by atoms with Gasteiger partial charge in [-0.25, -0.2) is 4.79 Å². The first-order valence-electron chi connectivity index (χ1n) is 14.6. The number of carbonyl (C=O) groups is 3. The number of hydrogen-bond donors (Lipinski definition) is 2. The molecule has 0 saturated heterocycles. The number of amides is 3. The Kier molecular flexibility index (Phi) is 13.9. The maximum Gasteiger partial charge on any atom is 0.408 e. The van der Waals surface area contributed by atoms with Gasteiger partial charge in [-0.2, -0.15) is 11.8 Å². The normalized spacial score (nSPS) is 13.4. The van der Waals surface area contributed by atoms with Crippen LogP contribution in [-0.2, 0) is 14.3 Å². The van der Waals surface area contributed by atoms with Crippen LogP contribution < -0.4 is 10.6 Å². The van der Waals surface area contributed by atoms with E-state index in [0.29, 0.717) is 46.3 Å². The minimum absolute atomic E-state index is 0.345. The predicted molar refractivity (Wildman–Crippen MR) is 178 cm³/mol. The fraction of sp³-hybridized carbons (Fsp3) is 0.500. The third kappa shape index (κ3) is 11.1. The van der Waals surface area contributed by atoms with Crippen LogP contribution in [0.2, 0.25) is 5.02 Å². The maximum atomic E-state index is 14.6. The van der Waals surface area contributed by atoms with Crippen LogP contribution in [0.1, 0.15) is 83.5 Å². The monoisotopic (exact) mass is 627 g/mol. The van der Waals surface area contributed by atoms with E-state index in [2.05, 4.69) is 30.4 Å². The van der Waals surface area contributed by atoms with Gasteiger partial charge >= 0.3 is 6.09 Å². The quantitative estimate of drug-likeness (QED) is 0.223. The third-order valence-electron chi connectivity index (χ3n) is 6.88. The van der Waals surface area contributed by atoms with Gasteiger partial charge in [0, 0.05) is 11.6 Å². The molecule has 3 atom stereocenters. The number of rotatable bonds is 13. The van der Waals surface area contributed by atoms with Crippen LogP contribution in [-0.4, -0.2) is 52.5 Å². The second-order valence-electron chi connectivity index (χ2n) is 12.1. The number of alkyl carbamates (subject to hydrolysis) is 1. The molecule has 0 fully saturated rings. The zero-order valence-corrected chi connectivity index (χ0v) is 28.2. The summed E-state index contributed by atoms with van der Waals surface area (Å²) in [5.41, 5.74) is 1.77. The Hall–Kier alpha value is -3.15. The topological polar surface area (TPSA) is 87.7 Å². The van der Waals surface area contributed by atoms with Crippen molar-refractivity contribution in [3.05, 3.63) is 64.2 Å². The van der Waals surface area contributed by atoms with E-state index < -0.39 is 29.7 Å². The first kappa shape index (κ1) is 36.0. The Morgan fingerprint density at radius 3 is 2.23 bits per heavy atom. The van der Waals surface area contributed by atoms with Crippen molar-refractivity contribution < 1.29 is 19.1 Å². The molecule has 0 aromatic heterocycles. The number of aryl methyl sites for hydroxylation is 1. The zero-order chi connectivity index (χ0) is 32.3. The summed E-state index contributed by atoms with van der Waals surface area (Å²) in [6.07, 6.45) is 8.72. The molecule has 43 heavy (non-hydrogen) atoms. The van der Waals surface area contributed by atoms with Crippen LogP contribution in [0.5, 0.6) is 0 Å². The van der Waals surface area contributed by atoms with Crippen LogP contribution in [0.25, 0.3) is 0 Å². The smallest absolute Gasteiger partial charge is 0.408 e. The van der Waals surface area contributed by atoms with Crippen LogP contribution >= 0.6 is 23.4 Å². The van der Waals surface area contributed by atoms with Gasteiger partial charge in [0.25, 0.3) is 5.91 Å². The molecule has 0 spiro atoms. The van der Waals surface area contributed by atoms with Gasteiger partial charge in [0.05, 0.1) is 10.7 Å². The fourth-order valence-electron chi connectivity index (χ4n) is 4.62. The van der Waals surface area contributed by atoms with Gasteiger partial charge in [0.15, 0.2) is 0 Å². The van der Waals surface area contributed by atoms with Gasteiger partial charge in [-0.05, 0) is 101 Å². The van der Waals surface area contributed by atoms with E-state index in [1.54, 1.807) is 67.8 Å². The lowest BCUT2D eigenvalue weighted by atomic mass is 9.96. The number of nitrogens with zero attached hydrogens (tertiary/aromatic N) is 1. The number of halogens is 1. The maximum absolute atomic E-state index is 14.6. The minimum Gasteiger partial charge on any atom is -0.444 e. The molecule has 2 rings (SSSR count). The second-order valence-corrected chi connectivity index (χ2v) is 13.5. The lowest BCUT2D eigenvalue weighted by Gasteiger charge is -2.39. The van der Waals surface area contributed by atoms with Gasteiger partial charge in [-0.3, -0.25) is 9.59 Å². The molecule has 234 valence electrons. The highest BCUT2D eigenvalue weighted by Crippen LogP contribution is 2.32. The predicted octanol–water partition coefficient (Wildman–Crippen LogP) is 7.61. The number of terminal acetylenes is 1. The van der Waals surface area contributed by atoms with Crippen LogP contribution in [0.15, 0.2) is 42.5 Å². The lowest BCUT2D eigenvalue weighted by molar-refractivity contribution is -0.143. The summed E-state index contributed by atoms with van der Waals surface area (Å²) in [6, 6.07) is 10.1. The van der Waals surface area contributed by atoms with E-state index in [4.69, 9.17) is 22.8 Å². The summed E-state index contributed by atoms with van der Waals surface area (Å²) in [5.74, 6) is 2.82. The number of carbonyl (C=O) groups excluding carboxylic acids is 3. The molecule has 0 aliphatic heterocycles. The molecule has 2 aromatic rings. The molecule has 3 unspecified atom stereocenters. The summed E-state index contributed by atoms with van der Waals surface area (Å²) < 4.78 is 5.50. The summed E-state index contributed by atoms with van der Waals surface area (Å²) in [5, 5.41) is 6.18. The number of hydrogen-bond acceptors (Lipinski definition) is 5. The first-order chi connectivity index (χ1) is 20.2. The second kappa shape index (κ2) is 16.6. The molecule has 0 heterocycles. The molecule has 2 N–H and O–H groups in total. The number of benzene rings is 2. The fourth-order valence-corrected chi connectivity index (χ4v) is 5.36. The molecule has 0 saturated carbocycles. The number of para-hydroxylation sites is 1. The van der Waals surface area contributed by atoms with Crippen molar-refractivity contribution in [3.8, 4) is 12.3 Å². The average molecular weight is 628 g/mol.